The topological polar surface area (TPSA) is 78.2 Å². The first kappa shape index (κ1) is 17.0. The minimum absolute atomic E-state index is 0.00257. The summed E-state index contributed by atoms with van der Waals surface area (Å²) in [7, 11) is 1.66. The average Bonchev–Trinajstić information content (AvgIpc) is 3.05. The number of ether oxygens (including phenoxy) is 1. The minimum Gasteiger partial charge on any atom is -0.381 e. The summed E-state index contributed by atoms with van der Waals surface area (Å²) in [6, 6.07) is 8.26. The Morgan fingerprint density at radius 2 is 2.08 bits per heavy atom. The molecule has 4 rings (SSSR count). The van der Waals surface area contributed by atoms with Crippen LogP contribution >= 0.6 is 0 Å². The smallest absolute Gasteiger partial charge is 0.346 e. The van der Waals surface area contributed by atoms with E-state index in [1.54, 1.807) is 14.0 Å². The Bertz CT molecular complexity index is 892. The van der Waals surface area contributed by atoms with Crippen molar-refractivity contribution in [1.82, 2.24) is 19.7 Å². The molecule has 7 heteroatoms. The highest BCUT2D eigenvalue weighted by Crippen LogP contribution is 2.51. The number of nitrogens with one attached hydrogen (secondary N) is 1. The van der Waals surface area contributed by atoms with Crippen LogP contribution in [0.1, 0.15) is 35.8 Å². The zero-order valence-electron chi connectivity index (χ0n) is 15.2. The number of aryl methyl sites for hydroxylation is 1. The molecule has 0 bridgehead atoms. The Labute approximate surface area is 152 Å². The van der Waals surface area contributed by atoms with Crippen molar-refractivity contribution in [2.24, 2.45) is 12.5 Å². The van der Waals surface area contributed by atoms with Gasteiger partial charge >= 0.3 is 5.69 Å². The molecule has 1 aliphatic carbocycles. The van der Waals surface area contributed by atoms with E-state index in [1.165, 1.54) is 20.4 Å². The SMILES string of the molecule is Cc1nn(CC(=O)NC2c3ccccc3CC23CCOCC3)c(=O)n1C. The van der Waals surface area contributed by atoms with E-state index >= 15 is 0 Å². The van der Waals surface area contributed by atoms with E-state index in [0.717, 1.165) is 32.5 Å². The van der Waals surface area contributed by atoms with Gasteiger partial charge in [0.1, 0.15) is 12.4 Å². The van der Waals surface area contributed by atoms with Gasteiger partial charge in [0.25, 0.3) is 0 Å². The van der Waals surface area contributed by atoms with Crippen molar-refractivity contribution in [1.29, 1.82) is 0 Å². The number of amides is 1. The minimum atomic E-state index is -0.273. The van der Waals surface area contributed by atoms with Gasteiger partial charge in [0.05, 0.1) is 6.04 Å². The molecule has 2 heterocycles. The lowest BCUT2D eigenvalue weighted by Gasteiger charge is -2.39. The first-order valence-corrected chi connectivity index (χ1v) is 9.05. The van der Waals surface area contributed by atoms with Gasteiger partial charge in [0.15, 0.2) is 0 Å². The van der Waals surface area contributed by atoms with Gasteiger partial charge in [0, 0.05) is 25.7 Å². The molecule has 1 fully saturated rings. The summed E-state index contributed by atoms with van der Waals surface area (Å²) >= 11 is 0. The van der Waals surface area contributed by atoms with Crippen LogP contribution in [0.5, 0.6) is 0 Å². The number of hydrogen-bond acceptors (Lipinski definition) is 4. The van der Waals surface area contributed by atoms with Crippen molar-refractivity contribution in [3.63, 3.8) is 0 Å². The van der Waals surface area contributed by atoms with Crippen LogP contribution in [-0.2, 0) is 29.5 Å². The molecule has 1 aliphatic heterocycles. The van der Waals surface area contributed by atoms with Gasteiger partial charge in [0.2, 0.25) is 5.91 Å². The van der Waals surface area contributed by atoms with Crippen LogP contribution in [0.3, 0.4) is 0 Å². The summed E-state index contributed by atoms with van der Waals surface area (Å²) in [6.07, 6.45) is 2.81. The van der Waals surface area contributed by atoms with Gasteiger partial charge in [-0.1, -0.05) is 24.3 Å². The lowest BCUT2D eigenvalue weighted by atomic mass is 9.74. The molecule has 7 nitrogen and oxygen atoms in total. The Kier molecular flexibility index (Phi) is 4.19. The molecule has 1 aromatic carbocycles. The normalized spacial score (nSPS) is 20.9. The molecular weight excluding hydrogens is 332 g/mol. The van der Waals surface area contributed by atoms with E-state index in [0.29, 0.717) is 5.82 Å². The predicted octanol–water partition coefficient (Wildman–Crippen LogP) is 1.10. The van der Waals surface area contributed by atoms with Crippen molar-refractivity contribution in [2.45, 2.75) is 38.8 Å². The lowest BCUT2D eigenvalue weighted by molar-refractivity contribution is -0.124. The fourth-order valence-corrected chi connectivity index (χ4v) is 4.30. The van der Waals surface area contributed by atoms with Gasteiger partial charge in [-0.15, -0.1) is 0 Å². The van der Waals surface area contributed by atoms with Gasteiger partial charge in [-0.25, -0.2) is 9.48 Å². The number of carbonyl (C=O) groups is 1. The van der Waals surface area contributed by atoms with Gasteiger partial charge in [-0.3, -0.25) is 9.36 Å². The highest BCUT2D eigenvalue weighted by Gasteiger charge is 2.47. The highest BCUT2D eigenvalue weighted by molar-refractivity contribution is 5.76. The second-order valence-electron chi connectivity index (χ2n) is 7.40. The molecule has 1 saturated heterocycles. The fraction of sp³-hybridized carbons (Fsp3) is 0.526. The average molecular weight is 356 g/mol. The second kappa shape index (κ2) is 6.39. The highest BCUT2D eigenvalue weighted by atomic mass is 16.5. The van der Waals surface area contributed by atoms with E-state index in [-0.39, 0.29) is 29.6 Å². The zero-order chi connectivity index (χ0) is 18.3. The van der Waals surface area contributed by atoms with Crippen LogP contribution in [0, 0.1) is 12.3 Å². The molecule has 0 radical (unpaired) electrons. The van der Waals surface area contributed by atoms with Crippen LogP contribution in [0.2, 0.25) is 0 Å². The maximum Gasteiger partial charge on any atom is 0.346 e. The maximum atomic E-state index is 12.7. The fourth-order valence-electron chi connectivity index (χ4n) is 4.30. The number of hydrogen-bond donors (Lipinski definition) is 1. The summed E-state index contributed by atoms with van der Waals surface area (Å²) in [4.78, 5) is 24.8. The summed E-state index contributed by atoms with van der Waals surface area (Å²) in [6.45, 7) is 3.13. The Balaban J connectivity index is 1.59. The lowest BCUT2D eigenvalue weighted by Crippen LogP contribution is -2.44. The molecule has 1 atom stereocenters. The molecule has 1 spiro atoms. The molecule has 26 heavy (non-hydrogen) atoms. The number of carbonyl (C=O) groups excluding carboxylic acids is 1. The summed E-state index contributed by atoms with van der Waals surface area (Å²) in [5.41, 5.74) is 2.21. The zero-order valence-corrected chi connectivity index (χ0v) is 15.2. The number of aromatic nitrogens is 3. The largest absolute Gasteiger partial charge is 0.381 e. The second-order valence-corrected chi connectivity index (χ2v) is 7.40. The summed E-state index contributed by atoms with van der Waals surface area (Å²) in [5, 5.41) is 7.36. The summed E-state index contributed by atoms with van der Waals surface area (Å²) < 4.78 is 8.23. The molecule has 0 saturated carbocycles. The molecule has 138 valence electrons. The molecule has 2 aromatic rings. The number of benzene rings is 1. The van der Waals surface area contributed by atoms with Crippen molar-refractivity contribution < 1.29 is 9.53 Å². The molecule has 1 aromatic heterocycles. The van der Waals surface area contributed by atoms with E-state index in [1.807, 2.05) is 12.1 Å². The molecule has 1 amide bonds. The van der Waals surface area contributed by atoms with E-state index in [4.69, 9.17) is 4.74 Å². The van der Waals surface area contributed by atoms with E-state index < -0.39 is 0 Å². The van der Waals surface area contributed by atoms with Crippen LogP contribution in [0.25, 0.3) is 0 Å². The van der Waals surface area contributed by atoms with Crippen LogP contribution in [0.4, 0.5) is 0 Å². The first-order chi connectivity index (χ1) is 12.5. The molecule has 1 N–H and O–H groups in total. The predicted molar refractivity (Wildman–Crippen MR) is 95.7 cm³/mol. The standard InChI is InChI=1S/C19H24N4O3/c1-13-21-23(18(25)22(13)2)12-16(24)20-17-15-6-4-3-5-14(15)11-19(17)7-9-26-10-8-19/h3-6,17H,7-12H2,1-2H3,(H,20,24). The number of fused-ring (bicyclic) bond motifs is 1. The Hall–Kier alpha value is -2.41. The van der Waals surface area contributed by atoms with Crippen LogP contribution in [0.15, 0.2) is 29.1 Å². The quantitative estimate of drug-likeness (QED) is 0.893. The van der Waals surface area contributed by atoms with Gasteiger partial charge < -0.3 is 10.1 Å². The molecule has 2 aliphatic rings. The number of rotatable bonds is 3. The van der Waals surface area contributed by atoms with Crippen LogP contribution < -0.4 is 11.0 Å². The van der Waals surface area contributed by atoms with E-state index in [2.05, 4.69) is 22.5 Å². The third-order valence-corrected chi connectivity index (χ3v) is 5.87. The number of nitrogens with zero attached hydrogens (tertiary/aromatic N) is 3. The third-order valence-electron chi connectivity index (χ3n) is 5.87. The van der Waals surface area contributed by atoms with Gasteiger partial charge in [-0.2, -0.15) is 5.10 Å². The summed E-state index contributed by atoms with van der Waals surface area (Å²) in [5.74, 6) is 0.410. The van der Waals surface area contributed by atoms with Crippen molar-refractivity contribution >= 4 is 5.91 Å². The van der Waals surface area contributed by atoms with Crippen molar-refractivity contribution in [3.8, 4) is 0 Å². The van der Waals surface area contributed by atoms with Crippen molar-refractivity contribution in [2.75, 3.05) is 13.2 Å². The molecular formula is C19H24N4O3. The Morgan fingerprint density at radius 3 is 2.77 bits per heavy atom. The van der Waals surface area contributed by atoms with E-state index in [9.17, 15) is 9.59 Å². The Morgan fingerprint density at radius 1 is 1.35 bits per heavy atom. The van der Waals surface area contributed by atoms with Gasteiger partial charge in [-0.05, 0) is 37.3 Å². The monoisotopic (exact) mass is 356 g/mol. The van der Waals surface area contributed by atoms with Crippen molar-refractivity contribution in [3.05, 3.63) is 51.7 Å². The molecule has 1 unspecified atom stereocenters. The van der Waals surface area contributed by atoms with Crippen LogP contribution in [-0.4, -0.2) is 33.5 Å². The first-order valence-electron chi connectivity index (χ1n) is 9.05. The third kappa shape index (κ3) is 2.76. The maximum absolute atomic E-state index is 12.7.